The standard InChI is InChI=1S/C17H19N3O/c1-10(2)15-14(17(21)19-18-15)13-9-20-8-4-6-11-5-3-7-12(13)16(11)20/h3,5,7,9-10H,4,6,8H2,1-2H3,(H2,18,19,21). The Morgan fingerprint density at radius 1 is 1.24 bits per heavy atom. The van der Waals surface area contributed by atoms with E-state index in [2.05, 4.69) is 53.0 Å². The number of hydrogen-bond donors (Lipinski definition) is 2. The van der Waals surface area contributed by atoms with Crippen molar-refractivity contribution in [1.29, 1.82) is 0 Å². The van der Waals surface area contributed by atoms with E-state index >= 15 is 0 Å². The number of para-hydroxylation sites is 1. The fraction of sp³-hybridized carbons (Fsp3) is 0.353. The molecule has 0 unspecified atom stereocenters. The zero-order valence-electron chi connectivity index (χ0n) is 12.4. The maximum absolute atomic E-state index is 12.3. The fourth-order valence-electron chi connectivity index (χ4n) is 3.53. The number of hydrogen-bond acceptors (Lipinski definition) is 1. The summed E-state index contributed by atoms with van der Waals surface area (Å²) in [6.45, 7) is 5.24. The van der Waals surface area contributed by atoms with E-state index in [0.717, 1.165) is 29.8 Å². The van der Waals surface area contributed by atoms with Gasteiger partial charge in [-0.1, -0.05) is 32.0 Å². The van der Waals surface area contributed by atoms with Gasteiger partial charge in [-0.25, -0.2) is 0 Å². The number of nitrogens with one attached hydrogen (secondary N) is 2. The van der Waals surface area contributed by atoms with E-state index in [1.807, 2.05) is 0 Å². The van der Waals surface area contributed by atoms with Crippen LogP contribution >= 0.6 is 0 Å². The normalized spacial score (nSPS) is 14.2. The molecule has 3 heterocycles. The molecule has 3 aromatic rings. The number of H-pyrrole nitrogens is 2. The van der Waals surface area contributed by atoms with E-state index in [4.69, 9.17) is 0 Å². The third-order valence-corrected chi connectivity index (χ3v) is 4.48. The van der Waals surface area contributed by atoms with Gasteiger partial charge in [0, 0.05) is 29.4 Å². The molecule has 4 heteroatoms. The van der Waals surface area contributed by atoms with Gasteiger partial charge in [-0.3, -0.25) is 9.89 Å². The van der Waals surface area contributed by atoms with Crippen LogP contribution in [0.3, 0.4) is 0 Å². The number of nitrogens with zero attached hydrogens (tertiary/aromatic N) is 1. The summed E-state index contributed by atoms with van der Waals surface area (Å²) in [6.07, 6.45) is 4.44. The highest BCUT2D eigenvalue weighted by atomic mass is 16.1. The van der Waals surface area contributed by atoms with E-state index < -0.39 is 0 Å². The first-order chi connectivity index (χ1) is 10.2. The van der Waals surface area contributed by atoms with Gasteiger partial charge in [0.2, 0.25) is 0 Å². The van der Waals surface area contributed by atoms with Crippen LogP contribution in [0.2, 0.25) is 0 Å². The summed E-state index contributed by atoms with van der Waals surface area (Å²) in [5, 5.41) is 6.99. The lowest BCUT2D eigenvalue weighted by atomic mass is 9.97. The van der Waals surface area contributed by atoms with E-state index in [1.54, 1.807) is 0 Å². The molecule has 0 saturated heterocycles. The monoisotopic (exact) mass is 281 g/mol. The molecule has 1 aromatic carbocycles. The molecule has 0 aliphatic carbocycles. The first kappa shape index (κ1) is 12.5. The highest BCUT2D eigenvalue weighted by Gasteiger charge is 2.22. The van der Waals surface area contributed by atoms with Crippen molar-refractivity contribution in [2.24, 2.45) is 0 Å². The molecular weight excluding hydrogens is 262 g/mol. The minimum Gasteiger partial charge on any atom is -0.347 e. The SMILES string of the molecule is CC(C)c1[nH][nH]c(=O)c1-c1cn2c3c(cccc13)CCC2. The van der Waals surface area contributed by atoms with E-state index in [1.165, 1.54) is 22.9 Å². The molecule has 21 heavy (non-hydrogen) atoms. The number of aromatic amines is 2. The smallest absolute Gasteiger partial charge is 0.272 e. The van der Waals surface area contributed by atoms with Crippen LogP contribution in [0.4, 0.5) is 0 Å². The van der Waals surface area contributed by atoms with Crippen molar-refractivity contribution in [2.45, 2.75) is 39.2 Å². The second-order valence-electron chi connectivity index (χ2n) is 6.18. The van der Waals surface area contributed by atoms with Gasteiger partial charge in [-0.2, -0.15) is 0 Å². The van der Waals surface area contributed by atoms with Crippen LogP contribution in [0.25, 0.3) is 22.0 Å². The first-order valence-corrected chi connectivity index (χ1v) is 7.58. The highest BCUT2D eigenvalue weighted by Crippen LogP contribution is 2.36. The summed E-state index contributed by atoms with van der Waals surface area (Å²) in [6, 6.07) is 6.44. The predicted octanol–water partition coefficient (Wildman–Crippen LogP) is 3.39. The zero-order valence-corrected chi connectivity index (χ0v) is 12.4. The molecule has 1 aliphatic rings. The van der Waals surface area contributed by atoms with Gasteiger partial charge in [0.1, 0.15) is 0 Å². The lowest BCUT2D eigenvalue weighted by molar-refractivity contribution is 0.636. The van der Waals surface area contributed by atoms with Crippen LogP contribution in [0.1, 0.15) is 37.4 Å². The maximum Gasteiger partial charge on any atom is 0.272 e. The fourth-order valence-corrected chi connectivity index (χ4v) is 3.53. The van der Waals surface area contributed by atoms with Crippen molar-refractivity contribution >= 4 is 10.9 Å². The summed E-state index contributed by atoms with van der Waals surface area (Å²) in [5.41, 5.74) is 5.51. The Kier molecular flexibility index (Phi) is 2.61. The highest BCUT2D eigenvalue weighted by molar-refractivity contribution is 5.98. The molecule has 4 nitrogen and oxygen atoms in total. The van der Waals surface area contributed by atoms with E-state index in [9.17, 15) is 4.79 Å². The second-order valence-corrected chi connectivity index (χ2v) is 6.18. The Hall–Kier alpha value is -2.23. The average Bonchev–Trinajstić information content (AvgIpc) is 3.02. The molecule has 0 amide bonds. The number of rotatable bonds is 2. The maximum atomic E-state index is 12.3. The van der Waals surface area contributed by atoms with Gasteiger partial charge in [-0.05, 0) is 24.3 Å². The van der Waals surface area contributed by atoms with Crippen LogP contribution in [-0.2, 0) is 13.0 Å². The molecule has 0 fully saturated rings. The minimum absolute atomic E-state index is 0.0256. The van der Waals surface area contributed by atoms with Crippen LogP contribution in [0.15, 0.2) is 29.2 Å². The van der Waals surface area contributed by atoms with Crippen molar-refractivity contribution in [3.63, 3.8) is 0 Å². The number of benzene rings is 1. The van der Waals surface area contributed by atoms with Crippen molar-refractivity contribution < 1.29 is 0 Å². The molecule has 1 aliphatic heterocycles. The number of aromatic nitrogens is 3. The van der Waals surface area contributed by atoms with Crippen molar-refractivity contribution in [1.82, 2.24) is 14.8 Å². The molecule has 4 rings (SSSR count). The topological polar surface area (TPSA) is 53.6 Å². The molecule has 0 atom stereocenters. The van der Waals surface area contributed by atoms with Gasteiger partial charge >= 0.3 is 0 Å². The van der Waals surface area contributed by atoms with Crippen LogP contribution in [-0.4, -0.2) is 14.8 Å². The summed E-state index contributed by atoms with van der Waals surface area (Å²) < 4.78 is 2.31. The van der Waals surface area contributed by atoms with Crippen LogP contribution in [0.5, 0.6) is 0 Å². The Morgan fingerprint density at radius 3 is 2.90 bits per heavy atom. The lowest BCUT2D eigenvalue weighted by Gasteiger charge is -2.14. The van der Waals surface area contributed by atoms with Gasteiger partial charge in [0.25, 0.3) is 5.56 Å². The predicted molar refractivity (Wildman–Crippen MR) is 84.8 cm³/mol. The molecule has 0 saturated carbocycles. The van der Waals surface area contributed by atoms with Crippen molar-refractivity contribution in [3.8, 4) is 11.1 Å². The molecule has 2 aromatic heterocycles. The van der Waals surface area contributed by atoms with E-state index in [0.29, 0.717) is 0 Å². The van der Waals surface area contributed by atoms with Gasteiger partial charge in [0.05, 0.1) is 11.1 Å². The third-order valence-electron chi connectivity index (χ3n) is 4.48. The second kappa shape index (κ2) is 4.38. The Bertz CT molecular complexity index is 879. The first-order valence-electron chi connectivity index (χ1n) is 7.58. The van der Waals surface area contributed by atoms with Crippen LogP contribution in [0, 0.1) is 0 Å². The Balaban J connectivity index is 2.08. The Morgan fingerprint density at radius 2 is 2.10 bits per heavy atom. The summed E-state index contributed by atoms with van der Waals surface area (Å²) in [5.74, 6) is 0.283. The lowest BCUT2D eigenvalue weighted by Crippen LogP contribution is -2.05. The van der Waals surface area contributed by atoms with Gasteiger partial charge < -0.3 is 9.67 Å². The van der Waals surface area contributed by atoms with Crippen LogP contribution < -0.4 is 5.56 Å². The zero-order chi connectivity index (χ0) is 14.6. The molecule has 2 N–H and O–H groups in total. The largest absolute Gasteiger partial charge is 0.347 e. The summed E-state index contributed by atoms with van der Waals surface area (Å²) >= 11 is 0. The molecule has 0 radical (unpaired) electrons. The molecule has 0 bridgehead atoms. The van der Waals surface area contributed by atoms with Gasteiger partial charge in [0.15, 0.2) is 0 Å². The quantitative estimate of drug-likeness (QED) is 0.743. The van der Waals surface area contributed by atoms with E-state index in [-0.39, 0.29) is 11.5 Å². The Labute approximate surface area is 122 Å². The average molecular weight is 281 g/mol. The molecular formula is C17H19N3O. The van der Waals surface area contributed by atoms with Crippen molar-refractivity contribution in [3.05, 3.63) is 46.0 Å². The minimum atomic E-state index is -0.0256. The molecule has 0 spiro atoms. The summed E-state index contributed by atoms with van der Waals surface area (Å²) in [4.78, 5) is 12.3. The summed E-state index contributed by atoms with van der Waals surface area (Å²) in [7, 11) is 0. The van der Waals surface area contributed by atoms with Gasteiger partial charge in [-0.15, -0.1) is 0 Å². The molecule has 108 valence electrons. The van der Waals surface area contributed by atoms with Crippen molar-refractivity contribution in [2.75, 3.05) is 0 Å². The third kappa shape index (κ3) is 1.71. The number of aryl methyl sites for hydroxylation is 2.